The molecule has 0 saturated carbocycles. The lowest BCUT2D eigenvalue weighted by molar-refractivity contribution is 1.04. The Morgan fingerprint density at radius 3 is 2.88 bits per heavy atom. The van der Waals surface area contributed by atoms with Crippen LogP contribution in [0.2, 0.25) is 5.02 Å². The van der Waals surface area contributed by atoms with Crippen LogP contribution in [0.4, 0.5) is 0 Å². The van der Waals surface area contributed by atoms with Crippen LogP contribution in [-0.2, 0) is 0 Å². The lowest BCUT2D eigenvalue weighted by Gasteiger charge is -2.01. The fourth-order valence-electron chi connectivity index (χ4n) is 1.77. The zero-order valence-corrected chi connectivity index (χ0v) is 9.86. The molecule has 0 amide bonds. The Bertz CT molecular complexity index is 690. The number of aromatic amines is 1. The molecule has 84 valence electrons. The average molecular weight is 245 g/mol. The van der Waals surface area contributed by atoms with Crippen LogP contribution in [0, 0.1) is 6.92 Å². The molecule has 0 atom stereocenters. The molecular formula is C12H9ClN4. The number of aromatic nitrogens is 4. The Hall–Kier alpha value is -1.94. The van der Waals surface area contributed by atoms with Gasteiger partial charge in [-0.15, -0.1) is 0 Å². The first-order chi connectivity index (χ1) is 8.25. The number of rotatable bonds is 1. The molecule has 0 fully saturated rings. The highest BCUT2D eigenvalue weighted by Crippen LogP contribution is 2.29. The summed E-state index contributed by atoms with van der Waals surface area (Å²) >= 11 is 6.11. The second kappa shape index (κ2) is 3.82. The highest BCUT2D eigenvalue weighted by molar-refractivity contribution is 6.33. The van der Waals surface area contributed by atoms with E-state index in [2.05, 4.69) is 20.2 Å². The van der Waals surface area contributed by atoms with Gasteiger partial charge in [0.15, 0.2) is 0 Å². The number of halogens is 1. The van der Waals surface area contributed by atoms with Crippen LogP contribution >= 0.6 is 11.6 Å². The maximum Gasteiger partial charge on any atom is 0.126 e. The minimum absolute atomic E-state index is 0.507. The summed E-state index contributed by atoms with van der Waals surface area (Å²) in [5.74, 6) is 0.677. The monoisotopic (exact) mass is 244 g/mol. The predicted octanol–water partition coefficient (Wildman–Crippen LogP) is 2.98. The molecule has 0 bridgehead atoms. The van der Waals surface area contributed by atoms with E-state index in [1.807, 2.05) is 31.2 Å². The zero-order valence-electron chi connectivity index (χ0n) is 9.11. The Labute approximate surface area is 103 Å². The molecule has 0 radical (unpaired) electrons. The van der Waals surface area contributed by atoms with E-state index >= 15 is 0 Å². The van der Waals surface area contributed by atoms with Crippen molar-refractivity contribution in [3.8, 4) is 11.4 Å². The van der Waals surface area contributed by atoms with E-state index in [-0.39, 0.29) is 0 Å². The topological polar surface area (TPSA) is 54.5 Å². The number of hydrogen-bond donors (Lipinski definition) is 1. The molecule has 0 aliphatic carbocycles. The number of benzene rings is 1. The summed E-state index contributed by atoms with van der Waals surface area (Å²) in [6.07, 6.45) is 1.60. The molecule has 2 aromatic heterocycles. The number of hydrogen-bond acceptors (Lipinski definition) is 3. The van der Waals surface area contributed by atoms with Crippen molar-refractivity contribution in [2.24, 2.45) is 0 Å². The summed E-state index contributed by atoms with van der Waals surface area (Å²) in [7, 11) is 0. The maximum absolute atomic E-state index is 6.11. The van der Waals surface area contributed by atoms with Crippen LogP contribution < -0.4 is 0 Å². The second-order valence-corrected chi connectivity index (χ2v) is 4.14. The number of para-hydroxylation sites is 1. The summed E-state index contributed by atoms with van der Waals surface area (Å²) < 4.78 is 0. The summed E-state index contributed by atoms with van der Waals surface area (Å²) in [5.41, 5.74) is 2.39. The molecule has 3 aromatic rings. The molecule has 0 saturated heterocycles. The highest BCUT2D eigenvalue weighted by Gasteiger charge is 2.13. The van der Waals surface area contributed by atoms with Crippen LogP contribution in [-0.4, -0.2) is 20.2 Å². The quantitative estimate of drug-likeness (QED) is 0.716. The van der Waals surface area contributed by atoms with Gasteiger partial charge in [0.25, 0.3) is 0 Å². The maximum atomic E-state index is 6.11. The second-order valence-electron chi connectivity index (χ2n) is 3.73. The third-order valence-corrected chi connectivity index (χ3v) is 2.84. The van der Waals surface area contributed by atoms with Crippen LogP contribution in [0.3, 0.4) is 0 Å². The van der Waals surface area contributed by atoms with Gasteiger partial charge in [-0.3, -0.25) is 5.10 Å². The molecule has 5 heteroatoms. The lowest BCUT2D eigenvalue weighted by atomic mass is 10.1. The molecular weight excluding hydrogens is 236 g/mol. The molecule has 17 heavy (non-hydrogen) atoms. The third-order valence-electron chi connectivity index (χ3n) is 2.56. The fraction of sp³-hybridized carbons (Fsp3) is 0.0833. The molecule has 1 N–H and O–H groups in total. The van der Waals surface area contributed by atoms with E-state index < -0.39 is 0 Å². The van der Waals surface area contributed by atoms with Gasteiger partial charge in [-0.05, 0) is 13.0 Å². The average Bonchev–Trinajstić information content (AvgIpc) is 2.76. The molecule has 0 aliphatic heterocycles. The van der Waals surface area contributed by atoms with Crippen molar-refractivity contribution < 1.29 is 0 Å². The van der Waals surface area contributed by atoms with Gasteiger partial charge in [-0.2, -0.15) is 5.10 Å². The van der Waals surface area contributed by atoms with Crippen molar-refractivity contribution >= 4 is 22.5 Å². The van der Waals surface area contributed by atoms with Crippen molar-refractivity contribution in [2.75, 3.05) is 0 Å². The van der Waals surface area contributed by atoms with Gasteiger partial charge in [-0.1, -0.05) is 29.8 Å². The lowest BCUT2D eigenvalue weighted by Crippen LogP contribution is -1.92. The number of aryl methyl sites for hydroxylation is 1. The van der Waals surface area contributed by atoms with E-state index in [4.69, 9.17) is 11.6 Å². The van der Waals surface area contributed by atoms with E-state index in [1.54, 1.807) is 6.20 Å². The molecule has 3 rings (SSSR count). The minimum Gasteiger partial charge on any atom is -0.277 e. The Balaban J connectivity index is 2.31. The molecule has 0 unspecified atom stereocenters. The SMILES string of the molecule is Cc1ncc(Cl)c(-c2n[nH]c3ccccc23)n1. The first-order valence-electron chi connectivity index (χ1n) is 5.18. The van der Waals surface area contributed by atoms with Crippen LogP contribution in [0.5, 0.6) is 0 Å². The first-order valence-corrected chi connectivity index (χ1v) is 5.56. The van der Waals surface area contributed by atoms with Gasteiger partial charge in [0.2, 0.25) is 0 Å². The van der Waals surface area contributed by atoms with Gasteiger partial charge < -0.3 is 0 Å². The number of nitrogens with one attached hydrogen (secondary N) is 1. The van der Waals surface area contributed by atoms with Crippen molar-refractivity contribution in [2.45, 2.75) is 6.92 Å². The molecule has 4 nitrogen and oxygen atoms in total. The standard InChI is InChI=1S/C12H9ClN4/c1-7-14-6-9(13)12(15-7)11-8-4-2-3-5-10(8)16-17-11/h2-6H,1H3,(H,16,17). The Kier molecular flexibility index (Phi) is 2.30. The van der Waals surface area contributed by atoms with Crippen molar-refractivity contribution in [3.63, 3.8) is 0 Å². The van der Waals surface area contributed by atoms with Crippen LogP contribution in [0.15, 0.2) is 30.5 Å². The predicted molar refractivity (Wildman–Crippen MR) is 66.9 cm³/mol. The largest absolute Gasteiger partial charge is 0.277 e. The van der Waals surface area contributed by atoms with Crippen molar-refractivity contribution in [1.82, 2.24) is 20.2 Å². The summed E-state index contributed by atoms with van der Waals surface area (Å²) in [6, 6.07) is 7.87. The Morgan fingerprint density at radius 2 is 2.00 bits per heavy atom. The number of H-pyrrole nitrogens is 1. The van der Waals surface area contributed by atoms with Crippen molar-refractivity contribution in [3.05, 3.63) is 41.3 Å². The summed E-state index contributed by atoms with van der Waals surface area (Å²) in [5, 5.41) is 8.75. The van der Waals surface area contributed by atoms with Crippen molar-refractivity contribution in [1.29, 1.82) is 0 Å². The molecule has 0 aliphatic rings. The van der Waals surface area contributed by atoms with Crippen LogP contribution in [0.1, 0.15) is 5.82 Å². The van der Waals surface area contributed by atoms with Gasteiger partial charge >= 0.3 is 0 Å². The third kappa shape index (κ3) is 1.66. The fourth-order valence-corrected chi connectivity index (χ4v) is 1.95. The summed E-state index contributed by atoms with van der Waals surface area (Å²) in [4.78, 5) is 8.39. The van der Waals surface area contributed by atoms with Gasteiger partial charge in [0.1, 0.15) is 17.2 Å². The Morgan fingerprint density at radius 1 is 1.18 bits per heavy atom. The van der Waals surface area contributed by atoms with Gasteiger partial charge in [0, 0.05) is 11.6 Å². The zero-order chi connectivity index (χ0) is 11.8. The van der Waals surface area contributed by atoms with Gasteiger partial charge in [0.05, 0.1) is 10.5 Å². The van der Waals surface area contributed by atoms with E-state index in [9.17, 15) is 0 Å². The summed E-state index contributed by atoms with van der Waals surface area (Å²) in [6.45, 7) is 1.83. The smallest absolute Gasteiger partial charge is 0.126 e. The normalized spacial score (nSPS) is 10.9. The number of nitrogens with zero attached hydrogens (tertiary/aromatic N) is 3. The highest BCUT2D eigenvalue weighted by atomic mass is 35.5. The molecule has 2 heterocycles. The van der Waals surface area contributed by atoms with E-state index in [0.29, 0.717) is 16.5 Å². The molecule has 1 aromatic carbocycles. The number of fused-ring (bicyclic) bond motifs is 1. The van der Waals surface area contributed by atoms with Gasteiger partial charge in [-0.25, -0.2) is 9.97 Å². The first kappa shape index (κ1) is 10.2. The van der Waals surface area contributed by atoms with E-state index in [1.165, 1.54) is 0 Å². The minimum atomic E-state index is 0.507. The van der Waals surface area contributed by atoms with E-state index in [0.717, 1.165) is 16.6 Å². The molecule has 0 spiro atoms. The van der Waals surface area contributed by atoms with Crippen LogP contribution in [0.25, 0.3) is 22.3 Å².